The van der Waals surface area contributed by atoms with Crippen molar-refractivity contribution in [3.63, 3.8) is 0 Å². The Morgan fingerprint density at radius 1 is 0.960 bits per heavy atom. The Morgan fingerprint density at radius 2 is 1.56 bits per heavy atom. The van der Waals surface area contributed by atoms with E-state index in [4.69, 9.17) is 16.3 Å². The van der Waals surface area contributed by atoms with Crippen molar-refractivity contribution in [2.24, 2.45) is 0 Å². The van der Waals surface area contributed by atoms with E-state index in [2.05, 4.69) is 10.9 Å². The summed E-state index contributed by atoms with van der Waals surface area (Å²) in [4.78, 5) is 23.5. The molecule has 2 aromatic carbocycles. The zero-order valence-corrected chi connectivity index (χ0v) is 15.0. The number of aryl methyl sites for hydroxylation is 3. The number of hydrazine groups is 1. The third-order valence-electron chi connectivity index (χ3n) is 3.46. The SMILES string of the molecule is Cc1cc(C)cc(OCC(=O)NNC(=O)CCc2ccc(Cl)cc2)c1. The number of hydrogen-bond acceptors (Lipinski definition) is 3. The van der Waals surface area contributed by atoms with Crippen LogP contribution in [0.25, 0.3) is 0 Å². The maximum absolute atomic E-state index is 11.8. The van der Waals surface area contributed by atoms with Gasteiger partial charge in [-0.3, -0.25) is 20.4 Å². The summed E-state index contributed by atoms with van der Waals surface area (Å²) < 4.78 is 5.43. The molecule has 0 saturated carbocycles. The molecule has 2 N–H and O–H groups in total. The van der Waals surface area contributed by atoms with Crippen molar-refractivity contribution in [1.82, 2.24) is 10.9 Å². The molecule has 0 atom stereocenters. The molecule has 2 aromatic rings. The second-order valence-corrected chi connectivity index (χ2v) is 6.27. The van der Waals surface area contributed by atoms with Crippen molar-refractivity contribution >= 4 is 23.4 Å². The van der Waals surface area contributed by atoms with E-state index in [9.17, 15) is 9.59 Å². The normalized spacial score (nSPS) is 10.2. The average molecular weight is 361 g/mol. The molecule has 0 aromatic heterocycles. The summed E-state index contributed by atoms with van der Waals surface area (Å²) in [5.41, 5.74) is 7.85. The van der Waals surface area contributed by atoms with E-state index in [1.54, 1.807) is 12.1 Å². The van der Waals surface area contributed by atoms with Crippen LogP contribution in [0.15, 0.2) is 42.5 Å². The van der Waals surface area contributed by atoms with Crippen molar-refractivity contribution in [2.75, 3.05) is 6.61 Å². The number of carbonyl (C=O) groups excluding carboxylic acids is 2. The highest BCUT2D eigenvalue weighted by atomic mass is 35.5. The van der Waals surface area contributed by atoms with Gasteiger partial charge in [-0.05, 0) is 61.2 Å². The van der Waals surface area contributed by atoms with Crippen LogP contribution in [-0.2, 0) is 16.0 Å². The predicted octanol–water partition coefficient (Wildman–Crippen LogP) is 3.12. The van der Waals surface area contributed by atoms with Crippen molar-refractivity contribution in [2.45, 2.75) is 26.7 Å². The van der Waals surface area contributed by atoms with Crippen molar-refractivity contribution in [1.29, 1.82) is 0 Å². The molecule has 0 unspecified atom stereocenters. The maximum Gasteiger partial charge on any atom is 0.276 e. The van der Waals surface area contributed by atoms with E-state index in [1.807, 2.05) is 44.2 Å². The van der Waals surface area contributed by atoms with Crippen LogP contribution in [0.4, 0.5) is 0 Å². The highest BCUT2D eigenvalue weighted by Crippen LogP contribution is 2.15. The summed E-state index contributed by atoms with van der Waals surface area (Å²) in [7, 11) is 0. The highest BCUT2D eigenvalue weighted by molar-refractivity contribution is 6.30. The standard InChI is InChI=1S/C19H21ClN2O3/c1-13-9-14(2)11-17(10-13)25-12-19(24)22-21-18(23)8-5-15-3-6-16(20)7-4-15/h3-4,6-7,9-11H,5,8,12H2,1-2H3,(H,21,23)(H,22,24). The van der Waals surface area contributed by atoms with Gasteiger partial charge in [0.15, 0.2) is 6.61 Å². The second-order valence-electron chi connectivity index (χ2n) is 5.83. The Bertz CT molecular complexity index is 725. The second kappa shape index (κ2) is 9.08. The smallest absolute Gasteiger partial charge is 0.276 e. The fourth-order valence-corrected chi connectivity index (χ4v) is 2.44. The largest absolute Gasteiger partial charge is 0.484 e. The predicted molar refractivity (Wildman–Crippen MR) is 97.5 cm³/mol. The number of halogens is 1. The molecular weight excluding hydrogens is 340 g/mol. The van der Waals surface area contributed by atoms with Gasteiger partial charge in [0, 0.05) is 11.4 Å². The molecule has 0 aliphatic heterocycles. The monoisotopic (exact) mass is 360 g/mol. The van der Waals surface area contributed by atoms with E-state index in [0.717, 1.165) is 16.7 Å². The molecule has 0 bridgehead atoms. The number of hydrogen-bond donors (Lipinski definition) is 2. The molecule has 5 nitrogen and oxygen atoms in total. The van der Waals surface area contributed by atoms with Gasteiger partial charge in [0.25, 0.3) is 5.91 Å². The first-order chi connectivity index (χ1) is 11.9. The number of rotatable bonds is 6. The van der Waals surface area contributed by atoms with E-state index in [1.165, 1.54) is 0 Å². The summed E-state index contributed by atoms with van der Waals surface area (Å²) >= 11 is 5.81. The number of benzene rings is 2. The van der Waals surface area contributed by atoms with Crippen LogP contribution < -0.4 is 15.6 Å². The third-order valence-corrected chi connectivity index (χ3v) is 3.71. The summed E-state index contributed by atoms with van der Waals surface area (Å²) in [6.45, 7) is 3.75. The van der Waals surface area contributed by atoms with Gasteiger partial charge < -0.3 is 4.74 Å². The molecule has 0 heterocycles. The number of carbonyl (C=O) groups is 2. The first-order valence-corrected chi connectivity index (χ1v) is 8.33. The Morgan fingerprint density at radius 3 is 2.20 bits per heavy atom. The van der Waals surface area contributed by atoms with E-state index in [0.29, 0.717) is 17.2 Å². The van der Waals surface area contributed by atoms with E-state index >= 15 is 0 Å². The minimum atomic E-state index is -0.418. The van der Waals surface area contributed by atoms with Gasteiger partial charge in [0.1, 0.15) is 5.75 Å². The summed E-state index contributed by atoms with van der Waals surface area (Å²) in [6.07, 6.45) is 0.831. The summed E-state index contributed by atoms with van der Waals surface area (Å²) in [5.74, 6) is -0.0598. The van der Waals surface area contributed by atoms with Crippen LogP contribution in [0.5, 0.6) is 5.75 Å². The lowest BCUT2D eigenvalue weighted by Gasteiger charge is -2.10. The Hall–Kier alpha value is -2.53. The lowest BCUT2D eigenvalue weighted by molar-refractivity contribution is -0.130. The first kappa shape index (κ1) is 18.8. The molecule has 0 fully saturated rings. The highest BCUT2D eigenvalue weighted by Gasteiger charge is 2.07. The van der Waals surface area contributed by atoms with Crippen molar-refractivity contribution in [3.05, 3.63) is 64.2 Å². The Labute approximate surface area is 152 Å². The van der Waals surface area contributed by atoms with Crippen LogP contribution in [0.3, 0.4) is 0 Å². The molecule has 0 radical (unpaired) electrons. The first-order valence-electron chi connectivity index (χ1n) is 7.95. The average Bonchev–Trinajstić information content (AvgIpc) is 2.57. The van der Waals surface area contributed by atoms with Crippen LogP contribution in [0.2, 0.25) is 5.02 Å². The van der Waals surface area contributed by atoms with Gasteiger partial charge in [-0.1, -0.05) is 29.8 Å². The molecule has 0 saturated heterocycles. The molecule has 132 valence electrons. The Balaban J connectivity index is 1.68. The van der Waals surface area contributed by atoms with Gasteiger partial charge in [0.2, 0.25) is 5.91 Å². The Kier molecular flexibility index (Phi) is 6.83. The molecule has 2 amide bonds. The van der Waals surface area contributed by atoms with Gasteiger partial charge in [0.05, 0.1) is 0 Å². The van der Waals surface area contributed by atoms with Crippen molar-refractivity contribution < 1.29 is 14.3 Å². The number of nitrogens with one attached hydrogen (secondary N) is 2. The lowest BCUT2D eigenvalue weighted by atomic mass is 10.1. The molecule has 0 aliphatic carbocycles. The minimum Gasteiger partial charge on any atom is -0.484 e. The quantitative estimate of drug-likeness (QED) is 0.778. The van der Waals surface area contributed by atoms with Crippen LogP contribution in [0, 0.1) is 13.8 Å². The number of ether oxygens (including phenoxy) is 1. The van der Waals surface area contributed by atoms with E-state index < -0.39 is 5.91 Å². The van der Waals surface area contributed by atoms with Crippen LogP contribution in [0.1, 0.15) is 23.1 Å². The molecular formula is C19H21ClN2O3. The molecule has 0 aliphatic rings. The molecule has 6 heteroatoms. The topological polar surface area (TPSA) is 67.4 Å². The van der Waals surface area contributed by atoms with Gasteiger partial charge >= 0.3 is 0 Å². The van der Waals surface area contributed by atoms with Gasteiger partial charge in [-0.15, -0.1) is 0 Å². The van der Waals surface area contributed by atoms with E-state index in [-0.39, 0.29) is 18.9 Å². The number of amides is 2. The zero-order chi connectivity index (χ0) is 18.2. The zero-order valence-electron chi connectivity index (χ0n) is 14.3. The van der Waals surface area contributed by atoms with Gasteiger partial charge in [-0.2, -0.15) is 0 Å². The van der Waals surface area contributed by atoms with Crippen molar-refractivity contribution in [3.8, 4) is 5.75 Å². The molecule has 25 heavy (non-hydrogen) atoms. The van der Waals surface area contributed by atoms with Crippen LogP contribution in [-0.4, -0.2) is 18.4 Å². The minimum absolute atomic E-state index is 0.166. The van der Waals surface area contributed by atoms with Crippen LogP contribution >= 0.6 is 11.6 Å². The third kappa shape index (κ3) is 6.85. The molecule has 0 spiro atoms. The van der Waals surface area contributed by atoms with Gasteiger partial charge in [-0.25, -0.2) is 0 Å². The lowest BCUT2D eigenvalue weighted by Crippen LogP contribution is -2.43. The molecule has 2 rings (SSSR count). The summed E-state index contributed by atoms with van der Waals surface area (Å²) in [6, 6.07) is 13.0. The fourth-order valence-electron chi connectivity index (χ4n) is 2.31. The maximum atomic E-state index is 11.8. The summed E-state index contributed by atoms with van der Waals surface area (Å²) in [5, 5.41) is 0.657. The fraction of sp³-hybridized carbons (Fsp3) is 0.263.